The van der Waals surface area contributed by atoms with E-state index in [4.69, 9.17) is 4.74 Å². The fourth-order valence-corrected chi connectivity index (χ4v) is 10.6. The highest BCUT2D eigenvalue weighted by Gasteiger charge is 2.60. The monoisotopic (exact) mass is 538 g/mol. The van der Waals surface area contributed by atoms with E-state index in [9.17, 15) is 4.79 Å². The summed E-state index contributed by atoms with van der Waals surface area (Å²) < 4.78 is 5.70. The van der Waals surface area contributed by atoms with E-state index in [0.717, 1.165) is 48.9 Å². The Balaban J connectivity index is 1.18. The Labute approximate surface area is 243 Å². The van der Waals surface area contributed by atoms with E-state index in [-0.39, 0.29) is 12.1 Å². The van der Waals surface area contributed by atoms with E-state index in [1.165, 1.54) is 61.6 Å². The van der Waals surface area contributed by atoms with Gasteiger partial charge in [-0.1, -0.05) is 87.5 Å². The first-order valence-corrected chi connectivity index (χ1v) is 16.3. The third-order valence-electron chi connectivity index (χ3n) is 12.6. The number of benzene rings is 2. The Morgan fingerprint density at radius 1 is 0.850 bits per heavy atom. The van der Waals surface area contributed by atoms with Crippen LogP contribution in [0.1, 0.15) is 103 Å². The molecule has 9 atom stereocenters. The minimum atomic E-state index is -0.101. The van der Waals surface area contributed by atoms with Crippen molar-refractivity contribution in [2.75, 3.05) is 0 Å². The zero-order valence-electron chi connectivity index (χ0n) is 25.3. The number of fused-ring (bicyclic) bond motifs is 5. The molecule has 214 valence electrons. The number of esters is 1. The predicted octanol–water partition coefficient (Wildman–Crippen LogP) is 9.74. The van der Waals surface area contributed by atoms with Crippen molar-refractivity contribution in [1.29, 1.82) is 0 Å². The molecule has 2 aromatic carbocycles. The first kappa shape index (κ1) is 27.8. The second-order valence-electron chi connectivity index (χ2n) is 14.5. The third-order valence-corrected chi connectivity index (χ3v) is 12.6. The highest BCUT2D eigenvalue weighted by Crippen LogP contribution is 2.68. The van der Waals surface area contributed by atoms with Crippen LogP contribution in [0.4, 0.5) is 0 Å². The van der Waals surface area contributed by atoms with Crippen LogP contribution in [0.3, 0.4) is 0 Å². The van der Waals surface area contributed by atoms with Gasteiger partial charge >= 0.3 is 5.97 Å². The summed E-state index contributed by atoms with van der Waals surface area (Å²) in [5.74, 6) is 4.77. The van der Waals surface area contributed by atoms with Crippen molar-refractivity contribution in [3.8, 4) is 0 Å². The molecule has 0 aliphatic heterocycles. The molecule has 6 rings (SSSR count). The van der Waals surface area contributed by atoms with E-state index >= 15 is 0 Å². The minimum Gasteiger partial charge on any atom is -0.463 e. The largest absolute Gasteiger partial charge is 0.463 e. The zero-order chi connectivity index (χ0) is 27.9. The molecule has 0 unspecified atom stereocenters. The predicted molar refractivity (Wildman–Crippen MR) is 165 cm³/mol. The first-order valence-electron chi connectivity index (χ1n) is 16.3. The summed E-state index contributed by atoms with van der Waals surface area (Å²) >= 11 is 0. The highest BCUT2D eigenvalue weighted by atomic mass is 16.5. The van der Waals surface area contributed by atoms with Gasteiger partial charge in [-0.05, 0) is 127 Å². The fourth-order valence-electron chi connectivity index (χ4n) is 10.6. The van der Waals surface area contributed by atoms with E-state index in [0.29, 0.717) is 16.7 Å². The molecule has 0 bridgehead atoms. The molecule has 0 heterocycles. The third kappa shape index (κ3) is 4.99. The fraction of sp³-hybridized carbons (Fsp3) is 0.605. The molecule has 0 spiro atoms. The number of allylic oxidation sites excluding steroid dienone is 1. The van der Waals surface area contributed by atoms with Crippen molar-refractivity contribution >= 4 is 11.5 Å². The SMILES string of the molecule is CC(=O)O[C@H]1CC[C@@]2(C)[C@@H](CC[C@H]3[C@H]2CC[C@]2(C)[C@@H]3CC[C@H]2[C@H](C)CC=C(c2ccccc2)c2ccccc2)C1. The van der Waals surface area contributed by atoms with Crippen LogP contribution >= 0.6 is 0 Å². The molecule has 0 aromatic heterocycles. The molecule has 0 saturated heterocycles. The van der Waals surface area contributed by atoms with Crippen LogP contribution in [0.2, 0.25) is 0 Å². The van der Waals surface area contributed by atoms with Gasteiger partial charge in [0.05, 0.1) is 0 Å². The minimum absolute atomic E-state index is 0.101. The van der Waals surface area contributed by atoms with Crippen molar-refractivity contribution in [2.45, 2.75) is 98.0 Å². The number of rotatable bonds is 6. The lowest BCUT2D eigenvalue weighted by Crippen LogP contribution is -2.54. The van der Waals surface area contributed by atoms with Gasteiger partial charge in [0.25, 0.3) is 0 Å². The Hall–Kier alpha value is -2.35. The van der Waals surface area contributed by atoms with Gasteiger partial charge in [0.15, 0.2) is 0 Å². The molecule has 0 amide bonds. The topological polar surface area (TPSA) is 26.3 Å². The maximum Gasteiger partial charge on any atom is 0.302 e. The number of hydrogen-bond acceptors (Lipinski definition) is 2. The van der Waals surface area contributed by atoms with Crippen LogP contribution in [0, 0.1) is 46.3 Å². The van der Waals surface area contributed by atoms with Crippen LogP contribution < -0.4 is 0 Å². The van der Waals surface area contributed by atoms with Crippen LogP contribution in [0.25, 0.3) is 5.57 Å². The first-order chi connectivity index (χ1) is 19.3. The Bertz CT molecular complexity index is 1160. The molecule has 4 aliphatic rings. The molecule has 2 nitrogen and oxygen atoms in total. The molecule has 4 saturated carbocycles. The van der Waals surface area contributed by atoms with Gasteiger partial charge in [0.2, 0.25) is 0 Å². The molecule has 40 heavy (non-hydrogen) atoms. The van der Waals surface area contributed by atoms with Crippen molar-refractivity contribution in [2.24, 2.45) is 46.3 Å². The second kappa shape index (κ2) is 11.1. The molecule has 2 aromatic rings. The van der Waals surface area contributed by atoms with Crippen molar-refractivity contribution in [3.63, 3.8) is 0 Å². The van der Waals surface area contributed by atoms with Gasteiger partial charge in [0, 0.05) is 6.92 Å². The summed E-state index contributed by atoms with van der Waals surface area (Å²) in [6.45, 7) is 9.43. The summed E-state index contributed by atoms with van der Waals surface area (Å²) in [4.78, 5) is 11.6. The Morgan fingerprint density at radius 3 is 2.12 bits per heavy atom. The van der Waals surface area contributed by atoms with Gasteiger partial charge < -0.3 is 4.74 Å². The Morgan fingerprint density at radius 2 is 1.48 bits per heavy atom. The lowest BCUT2D eigenvalue weighted by atomic mass is 9.44. The quantitative estimate of drug-likeness (QED) is 0.342. The van der Waals surface area contributed by atoms with Crippen LogP contribution in [0.5, 0.6) is 0 Å². The summed E-state index contributed by atoms with van der Waals surface area (Å²) in [7, 11) is 0. The lowest BCUT2D eigenvalue weighted by molar-refractivity contribution is -0.160. The van der Waals surface area contributed by atoms with Gasteiger partial charge in [0.1, 0.15) is 6.10 Å². The van der Waals surface area contributed by atoms with Crippen molar-refractivity contribution in [3.05, 3.63) is 77.9 Å². The van der Waals surface area contributed by atoms with Crippen LogP contribution in [-0.2, 0) is 9.53 Å². The summed E-state index contributed by atoms with van der Waals surface area (Å²) in [6, 6.07) is 21.9. The van der Waals surface area contributed by atoms with E-state index < -0.39 is 0 Å². The number of carbonyl (C=O) groups excluding carboxylic acids is 1. The average Bonchev–Trinajstić information content (AvgIpc) is 3.31. The van der Waals surface area contributed by atoms with Gasteiger partial charge in [-0.25, -0.2) is 0 Å². The molecule has 4 fully saturated rings. The van der Waals surface area contributed by atoms with Crippen molar-refractivity contribution in [1.82, 2.24) is 0 Å². The van der Waals surface area contributed by atoms with Gasteiger partial charge in [-0.3, -0.25) is 4.79 Å². The normalized spacial score (nSPS) is 37.4. The average molecular weight is 539 g/mol. The maximum absolute atomic E-state index is 11.6. The highest BCUT2D eigenvalue weighted by molar-refractivity contribution is 5.79. The Kier molecular flexibility index (Phi) is 7.75. The van der Waals surface area contributed by atoms with Crippen molar-refractivity contribution < 1.29 is 9.53 Å². The maximum atomic E-state index is 11.6. The number of carbonyl (C=O) groups is 1. The number of hydrogen-bond donors (Lipinski definition) is 0. The molecule has 0 N–H and O–H groups in total. The van der Waals surface area contributed by atoms with Crippen LogP contribution in [0.15, 0.2) is 66.7 Å². The summed E-state index contributed by atoms with van der Waals surface area (Å²) in [5, 5.41) is 0. The smallest absolute Gasteiger partial charge is 0.302 e. The zero-order valence-corrected chi connectivity index (χ0v) is 25.3. The van der Waals surface area contributed by atoms with Crippen LogP contribution in [-0.4, -0.2) is 12.1 Å². The summed E-state index contributed by atoms with van der Waals surface area (Å²) in [6.07, 6.45) is 15.6. The standard InChI is InChI=1S/C38H50O2/c1-26(15-17-32(28-11-7-5-8-12-28)29-13-9-6-10-14-29)34-19-20-35-33-18-16-30-25-31(40-27(2)39)21-23-37(30,3)36(33)22-24-38(34,35)4/h5-14,17,26,30-31,33-36H,15-16,18-25H2,1-4H3/t26-,30+,31+,33-,34+,35-,36-,37+,38+/m1/s1. The molecule has 0 radical (unpaired) electrons. The van der Waals surface area contributed by atoms with E-state index in [1.807, 2.05) is 0 Å². The molecular weight excluding hydrogens is 488 g/mol. The second-order valence-corrected chi connectivity index (χ2v) is 14.5. The van der Waals surface area contributed by atoms with E-state index in [1.54, 1.807) is 6.92 Å². The lowest BCUT2D eigenvalue weighted by Gasteiger charge is -2.61. The molecule has 4 aliphatic carbocycles. The molecular formula is C38H50O2. The van der Waals surface area contributed by atoms with E-state index in [2.05, 4.69) is 87.5 Å². The number of ether oxygens (including phenoxy) is 1. The summed E-state index contributed by atoms with van der Waals surface area (Å²) in [5.41, 5.74) is 4.95. The van der Waals surface area contributed by atoms with Gasteiger partial charge in [-0.2, -0.15) is 0 Å². The van der Waals surface area contributed by atoms with Gasteiger partial charge in [-0.15, -0.1) is 0 Å². The molecule has 2 heteroatoms.